The van der Waals surface area contributed by atoms with Gasteiger partial charge in [0.2, 0.25) is 0 Å². The molecule has 6 heterocycles. The second kappa shape index (κ2) is 11.1. The predicted octanol–water partition coefficient (Wildman–Crippen LogP) is 9.56. The van der Waals surface area contributed by atoms with Gasteiger partial charge in [-0.05, 0) is 76.9 Å². The summed E-state index contributed by atoms with van der Waals surface area (Å²) in [6.07, 6.45) is 9.22. The molecule has 0 aliphatic heterocycles. The fourth-order valence-electron chi connectivity index (χ4n) is 6.29. The van der Waals surface area contributed by atoms with E-state index >= 15 is 0 Å². The smallest absolute Gasteiger partial charge is 0.165 e. The first-order valence-corrected chi connectivity index (χ1v) is 15.5. The second-order valence-electron chi connectivity index (χ2n) is 11.5. The minimum Gasteiger partial charge on any atom is -0.284 e. The molecule has 0 spiro atoms. The molecule has 0 N–H and O–H groups in total. The molecular formula is C41H26N6. The van der Waals surface area contributed by atoms with Gasteiger partial charge < -0.3 is 0 Å². The quantitative estimate of drug-likeness (QED) is 0.196. The van der Waals surface area contributed by atoms with Gasteiger partial charge in [-0.15, -0.1) is 0 Å². The molecule has 0 amide bonds. The van der Waals surface area contributed by atoms with Crippen molar-refractivity contribution in [1.29, 1.82) is 0 Å². The van der Waals surface area contributed by atoms with Gasteiger partial charge in [0.15, 0.2) is 5.65 Å². The third kappa shape index (κ3) is 4.80. The van der Waals surface area contributed by atoms with Gasteiger partial charge in [-0.25, -0.2) is 15.0 Å². The number of benzene rings is 3. The van der Waals surface area contributed by atoms with Crippen LogP contribution in [0.5, 0.6) is 0 Å². The minimum absolute atomic E-state index is 0.862. The van der Waals surface area contributed by atoms with Gasteiger partial charge in [-0.2, -0.15) is 0 Å². The zero-order valence-electron chi connectivity index (χ0n) is 25.2. The third-order valence-electron chi connectivity index (χ3n) is 8.62. The number of hydrogen-bond donors (Lipinski definition) is 0. The summed E-state index contributed by atoms with van der Waals surface area (Å²) in [5.74, 6) is 0. The van der Waals surface area contributed by atoms with Gasteiger partial charge >= 0.3 is 0 Å². The zero-order chi connectivity index (χ0) is 31.2. The van der Waals surface area contributed by atoms with Crippen LogP contribution in [0.4, 0.5) is 0 Å². The Bertz CT molecular complexity index is 2500. The lowest BCUT2D eigenvalue weighted by atomic mass is 9.96. The average molecular weight is 603 g/mol. The Balaban J connectivity index is 1.12. The number of imidazole rings is 1. The normalized spacial score (nSPS) is 11.4. The van der Waals surface area contributed by atoms with Crippen LogP contribution in [0.3, 0.4) is 0 Å². The van der Waals surface area contributed by atoms with Crippen LogP contribution in [0, 0.1) is 0 Å². The molecule has 0 fully saturated rings. The number of hydrogen-bond acceptors (Lipinski definition) is 5. The Hall–Kier alpha value is -6.53. The van der Waals surface area contributed by atoms with Crippen molar-refractivity contribution >= 4 is 27.6 Å². The highest BCUT2D eigenvalue weighted by atomic mass is 15.1. The van der Waals surface area contributed by atoms with Gasteiger partial charge in [0.05, 0.1) is 17.1 Å². The molecule has 0 aliphatic rings. The highest BCUT2D eigenvalue weighted by Gasteiger charge is 2.15. The molecule has 0 bridgehead atoms. The van der Waals surface area contributed by atoms with E-state index in [1.165, 1.54) is 0 Å². The van der Waals surface area contributed by atoms with Crippen LogP contribution in [-0.4, -0.2) is 29.3 Å². The van der Waals surface area contributed by atoms with Gasteiger partial charge in [-0.1, -0.05) is 72.8 Å². The van der Waals surface area contributed by atoms with Crippen molar-refractivity contribution in [3.63, 3.8) is 0 Å². The molecule has 6 nitrogen and oxygen atoms in total. The summed E-state index contributed by atoms with van der Waals surface area (Å²) in [4.78, 5) is 23.5. The molecule has 220 valence electrons. The lowest BCUT2D eigenvalue weighted by Gasteiger charge is -2.12. The Morgan fingerprint density at radius 3 is 1.72 bits per heavy atom. The van der Waals surface area contributed by atoms with Crippen molar-refractivity contribution in [3.8, 4) is 56.0 Å². The third-order valence-corrected chi connectivity index (χ3v) is 8.62. The Morgan fingerprint density at radius 2 is 1.02 bits per heavy atom. The maximum atomic E-state index is 5.17. The molecule has 0 saturated carbocycles. The van der Waals surface area contributed by atoms with Crippen LogP contribution in [-0.2, 0) is 0 Å². The number of fused-ring (bicyclic) bond motifs is 5. The topological polar surface area (TPSA) is 68.9 Å². The highest BCUT2D eigenvalue weighted by molar-refractivity contribution is 6.09. The molecule has 0 aliphatic carbocycles. The van der Waals surface area contributed by atoms with Crippen LogP contribution < -0.4 is 0 Å². The monoisotopic (exact) mass is 602 g/mol. The lowest BCUT2D eigenvalue weighted by Crippen LogP contribution is -1.92. The van der Waals surface area contributed by atoms with Gasteiger partial charge in [0.1, 0.15) is 11.2 Å². The summed E-state index contributed by atoms with van der Waals surface area (Å²) in [7, 11) is 0. The molecule has 6 heteroatoms. The van der Waals surface area contributed by atoms with E-state index in [0.29, 0.717) is 0 Å². The van der Waals surface area contributed by atoms with E-state index in [2.05, 4.69) is 99.3 Å². The number of nitrogens with zero attached hydrogens (tertiary/aromatic N) is 6. The van der Waals surface area contributed by atoms with Crippen molar-refractivity contribution in [2.45, 2.75) is 0 Å². The Morgan fingerprint density at radius 1 is 0.404 bits per heavy atom. The fourth-order valence-corrected chi connectivity index (χ4v) is 6.29. The number of rotatable bonds is 5. The summed E-state index contributed by atoms with van der Waals surface area (Å²) in [6, 6.07) is 44.1. The van der Waals surface area contributed by atoms with E-state index in [1.54, 1.807) is 24.8 Å². The second-order valence-corrected chi connectivity index (χ2v) is 11.5. The van der Waals surface area contributed by atoms with Crippen molar-refractivity contribution in [2.24, 2.45) is 0 Å². The molecule has 47 heavy (non-hydrogen) atoms. The van der Waals surface area contributed by atoms with Crippen LogP contribution in [0.2, 0.25) is 0 Å². The molecule has 6 aromatic heterocycles. The molecular weight excluding hydrogens is 576 g/mol. The molecule has 0 atom stereocenters. The summed E-state index contributed by atoms with van der Waals surface area (Å²) in [6.45, 7) is 0. The molecule has 3 aromatic carbocycles. The van der Waals surface area contributed by atoms with E-state index in [-0.39, 0.29) is 0 Å². The summed E-state index contributed by atoms with van der Waals surface area (Å²) >= 11 is 0. The van der Waals surface area contributed by atoms with E-state index in [1.807, 2.05) is 48.7 Å². The van der Waals surface area contributed by atoms with Crippen molar-refractivity contribution in [3.05, 3.63) is 158 Å². The van der Waals surface area contributed by atoms with Crippen LogP contribution in [0.25, 0.3) is 83.6 Å². The Kier molecular flexibility index (Phi) is 6.35. The summed E-state index contributed by atoms with van der Waals surface area (Å²) in [5, 5.41) is 2.19. The van der Waals surface area contributed by atoms with Crippen LogP contribution in [0.1, 0.15) is 0 Å². The molecule has 9 aromatic rings. The molecule has 0 unspecified atom stereocenters. The maximum Gasteiger partial charge on any atom is 0.165 e. The van der Waals surface area contributed by atoms with E-state index in [0.717, 1.165) is 83.6 Å². The number of pyridine rings is 5. The molecule has 0 saturated heterocycles. The SMILES string of the molecule is c1cc(-c2ccc(-c3nc4c(nc5ccccn54)c4ccccc34)cc2)cc(-c2cc(-c3ccncc3)nc(-c3ccncc3)c2)c1. The van der Waals surface area contributed by atoms with E-state index < -0.39 is 0 Å². The standard InChI is InChI=1S/C41H26N6/c1-2-9-35-34(8-1)39(46-41-40(35)45-38-10-3-4-23-47(38)41)30-13-11-27(12-14-30)31-6-5-7-32(24-31)33-25-36(28-15-19-42-20-16-28)44-37(26-33)29-17-21-43-22-18-29/h1-26H. The van der Waals surface area contributed by atoms with Crippen molar-refractivity contribution < 1.29 is 0 Å². The molecule has 9 rings (SSSR count). The van der Waals surface area contributed by atoms with Gasteiger partial charge in [0.25, 0.3) is 0 Å². The largest absolute Gasteiger partial charge is 0.284 e. The van der Waals surface area contributed by atoms with Crippen LogP contribution in [0.15, 0.2) is 158 Å². The summed E-state index contributed by atoms with van der Waals surface area (Å²) in [5.41, 5.74) is 13.0. The average Bonchev–Trinajstić information content (AvgIpc) is 3.54. The molecule has 0 radical (unpaired) electrons. The lowest BCUT2D eigenvalue weighted by molar-refractivity contribution is 1.19. The van der Waals surface area contributed by atoms with Crippen LogP contribution >= 0.6 is 0 Å². The number of aromatic nitrogens is 6. The maximum absolute atomic E-state index is 5.17. The van der Waals surface area contributed by atoms with Gasteiger partial charge in [-0.3, -0.25) is 14.4 Å². The van der Waals surface area contributed by atoms with E-state index in [9.17, 15) is 0 Å². The first kappa shape index (κ1) is 26.8. The first-order chi connectivity index (χ1) is 23.3. The highest BCUT2D eigenvalue weighted by Crippen LogP contribution is 2.35. The van der Waals surface area contributed by atoms with Crippen molar-refractivity contribution in [2.75, 3.05) is 0 Å². The van der Waals surface area contributed by atoms with Crippen molar-refractivity contribution in [1.82, 2.24) is 29.3 Å². The zero-order valence-corrected chi connectivity index (χ0v) is 25.2. The first-order valence-electron chi connectivity index (χ1n) is 15.5. The summed E-state index contributed by atoms with van der Waals surface area (Å²) < 4.78 is 2.06. The van der Waals surface area contributed by atoms with Gasteiger partial charge in [0, 0.05) is 58.4 Å². The Labute approximate surface area is 270 Å². The predicted molar refractivity (Wildman–Crippen MR) is 189 cm³/mol. The van der Waals surface area contributed by atoms with E-state index in [4.69, 9.17) is 15.0 Å². The minimum atomic E-state index is 0.862. The fraction of sp³-hybridized carbons (Fsp3) is 0.